The van der Waals surface area contributed by atoms with Gasteiger partial charge in [0.15, 0.2) is 0 Å². The first kappa shape index (κ1) is 30.7. The van der Waals surface area contributed by atoms with Gasteiger partial charge in [-0.2, -0.15) is 0 Å². The van der Waals surface area contributed by atoms with E-state index < -0.39 is 0 Å². The minimum atomic E-state index is 0.339. The molecule has 254 valence electrons. The average molecular weight is 689 g/mol. The molecule has 0 saturated heterocycles. The van der Waals surface area contributed by atoms with Crippen molar-refractivity contribution in [2.45, 2.75) is 12.8 Å². The lowest BCUT2D eigenvalue weighted by Crippen LogP contribution is -2.10. The predicted octanol–water partition coefficient (Wildman–Crippen LogP) is 14.4. The molecule has 2 nitrogen and oxygen atoms in total. The average Bonchev–Trinajstić information content (AvgIpc) is 3.72. The zero-order valence-corrected chi connectivity index (χ0v) is 29.9. The maximum absolute atomic E-state index is 2.42. The van der Waals surface area contributed by atoms with Crippen LogP contribution in [0.3, 0.4) is 0 Å². The number of benzene rings is 9. The number of hydrogen-bond donors (Lipinski definition) is 0. The summed E-state index contributed by atoms with van der Waals surface area (Å²) in [6.07, 6.45) is 0. The fraction of sp³-hybridized carbons (Fsp3) is 0.0385. The van der Waals surface area contributed by atoms with Crippen molar-refractivity contribution in [3.05, 3.63) is 205 Å². The third kappa shape index (κ3) is 4.74. The van der Waals surface area contributed by atoms with E-state index in [2.05, 4.69) is 211 Å². The molecular weight excluding hydrogens is 653 g/mol. The highest BCUT2D eigenvalue weighted by Gasteiger charge is 2.26. The molecule has 1 unspecified atom stereocenters. The Kier molecular flexibility index (Phi) is 6.87. The van der Waals surface area contributed by atoms with E-state index in [0.717, 1.165) is 17.1 Å². The highest BCUT2D eigenvalue weighted by molar-refractivity contribution is 6.11. The molecule has 1 aliphatic carbocycles. The van der Waals surface area contributed by atoms with Gasteiger partial charge in [-0.05, 0) is 122 Å². The van der Waals surface area contributed by atoms with Crippen LogP contribution < -0.4 is 4.90 Å². The number of nitrogens with zero attached hydrogens (tertiary/aromatic N) is 2. The summed E-state index contributed by atoms with van der Waals surface area (Å²) in [6, 6.07) is 71.4. The summed E-state index contributed by atoms with van der Waals surface area (Å²) < 4.78 is 2.37. The zero-order chi connectivity index (χ0) is 35.8. The second-order valence-corrected chi connectivity index (χ2v) is 14.6. The van der Waals surface area contributed by atoms with Gasteiger partial charge in [0, 0.05) is 39.4 Å². The van der Waals surface area contributed by atoms with Crippen LogP contribution in [0.15, 0.2) is 194 Å². The molecule has 10 aromatic rings. The van der Waals surface area contributed by atoms with E-state index in [1.165, 1.54) is 82.4 Å². The molecule has 54 heavy (non-hydrogen) atoms. The SMILES string of the molecule is CC1c2ccccc2-c2ccc(N(c3ccc(-c4ccc5c(c4)c4ccccc4n5-c4ccccc4)cc3)c3ccc4c(ccc5ccccc54)c3)cc21. The van der Waals surface area contributed by atoms with Gasteiger partial charge in [-0.3, -0.25) is 0 Å². The van der Waals surface area contributed by atoms with Crippen LogP contribution >= 0.6 is 0 Å². The summed E-state index contributed by atoms with van der Waals surface area (Å²) in [5, 5.41) is 7.57. The van der Waals surface area contributed by atoms with Gasteiger partial charge in [-0.15, -0.1) is 0 Å². The van der Waals surface area contributed by atoms with E-state index in [4.69, 9.17) is 0 Å². The Bertz CT molecular complexity index is 3060. The van der Waals surface area contributed by atoms with Crippen LogP contribution in [0.5, 0.6) is 0 Å². The number of fused-ring (bicyclic) bond motifs is 9. The van der Waals surface area contributed by atoms with Gasteiger partial charge in [0.05, 0.1) is 11.0 Å². The number of aromatic nitrogens is 1. The third-order valence-electron chi connectivity index (χ3n) is 11.6. The van der Waals surface area contributed by atoms with Crippen molar-refractivity contribution in [2.75, 3.05) is 4.90 Å². The Hall–Kier alpha value is -6.90. The molecule has 11 rings (SSSR count). The van der Waals surface area contributed by atoms with Gasteiger partial charge in [0.1, 0.15) is 0 Å². The Labute approximate surface area is 314 Å². The Morgan fingerprint density at radius 3 is 1.91 bits per heavy atom. The Morgan fingerprint density at radius 1 is 0.389 bits per heavy atom. The van der Waals surface area contributed by atoms with Crippen molar-refractivity contribution >= 4 is 60.4 Å². The van der Waals surface area contributed by atoms with Crippen molar-refractivity contribution in [1.82, 2.24) is 4.57 Å². The van der Waals surface area contributed by atoms with Crippen molar-refractivity contribution in [2.24, 2.45) is 0 Å². The molecule has 0 radical (unpaired) electrons. The number of rotatable bonds is 5. The molecule has 1 heterocycles. The topological polar surface area (TPSA) is 8.17 Å². The summed E-state index contributed by atoms with van der Waals surface area (Å²) >= 11 is 0. The van der Waals surface area contributed by atoms with Crippen molar-refractivity contribution in [3.8, 4) is 27.9 Å². The lowest BCUT2D eigenvalue weighted by Gasteiger charge is -2.27. The van der Waals surface area contributed by atoms with Crippen LogP contribution in [0.1, 0.15) is 24.0 Å². The monoisotopic (exact) mass is 688 g/mol. The standard InChI is InChI=1S/C52H36N2/c1-34-43-14-7-8-16-46(43)47-29-27-42(33-49(34)47)53(41-26-28-45-38(31-41)20-19-36-11-5-6-15-44(36)45)40-24-21-35(22-25-40)37-23-30-52-50(32-37)48-17-9-10-18-51(48)54(52)39-12-3-2-4-13-39/h2-34H,1H3. The molecule has 0 N–H and O–H groups in total. The molecule has 0 aliphatic heterocycles. The molecule has 0 spiro atoms. The largest absolute Gasteiger partial charge is 0.310 e. The number of para-hydroxylation sites is 2. The quantitative estimate of drug-likeness (QED) is 0.163. The maximum Gasteiger partial charge on any atom is 0.0541 e. The first-order valence-corrected chi connectivity index (χ1v) is 18.8. The van der Waals surface area contributed by atoms with Gasteiger partial charge < -0.3 is 9.47 Å². The van der Waals surface area contributed by atoms with Gasteiger partial charge in [0.2, 0.25) is 0 Å². The summed E-state index contributed by atoms with van der Waals surface area (Å²) in [6.45, 7) is 2.34. The summed E-state index contributed by atoms with van der Waals surface area (Å²) in [7, 11) is 0. The normalized spacial score (nSPS) is 13.5. The van der Waals surface area contributed by atoms with Crippen molar-refractivity contribution < 1.29 is 0 Å². The first-order valence-electron chi connectivity index (χ1n) is 18.8. The molecule has 1 aromatic heterocycles. The lowest BCUT2D eigenvalue weighted by molar-refractivity contribution is 0.956. The molecule has 0 saturated carbocycles. The van der Waals surface area contributed by atoms with Crippen molar-refractivity contribution in [1.29, 1.82) is 0 Å². The molecule has 9 aromatic carbocycles. The number of anilines is 3. The second kappa shape index (κ2) is 12.1. The maximum atomic E-state index is 2.42. The van der Waals surface area contributed by atoms with Gasteiger partial charge >= 0.3 is 0 Å². The van der Waals surface area contributed by atoms with E-state index in [9.17, 15) is 0 Å². The van der Waals surface area contributed by atoms with Crippen LogP contribution in [-0.4, -0.2) is 4.57 Å². The van der Waals surface area contributed by atoms with Crippen LogP contribution in [0, 0.1) is 0 Å². The van der Waals surface area contributed by atoms with E-state index >= 15 is 0 Å². The Balaban J connectivity index is 1.03. The minimum Gasteiger partial charge on any atom is -0.310 e. The van der Waals surface area contributed by atoms with Gasteiger partial charge in [-0.25, -0.2) is 0 Å². The Morgan fingerprint density at radius 2 is 1.02 bits per heavy atom. The van der Waals surface area contributed by atoms with E-state index in [1.54, 1.807) is 0 Å². The fourth-order valence-electron chi connectivity index (χ4n) is 8.98. The van der Waals surface area contributed by atoms with Gasteiger partial charge in [0.25, 0.3) is 0 Å². The van der Waals surface area contributed by atoms with E-state index in [0.29, 0.717) is 5.92 Å². The summed E-state index contributed by atoms with van der Waals surface area (Å²) in [4.78, 5) is 2.42. The summed E-state index contributed by atoms with van der Waals surface area (Å²) in [5.74, 6) is 0.339. The van der Waals surface area contributed by atoms with Crippen LogP contribution in [0.25, 0.3) is 71.3 Å². The molecule has 0 amide bonds. The van der Waals surface area contributed by atoms with E-state index in [-0.39, 0.29) is 0 Å². The van der Waals surface area contributed by atoms with Crippen LogP contribution in [-0.2, 0) is 0 Å². The minimum absolute atomic E-state index is 0.339. The molecule has 0 fully saturated rings. The summed E-state index contributed by atoms with van der Waals surface area (Å²) in [5.41, 5.74) is 14.9. The van der Waals surface area contributed by atoms with E-state index in [1.807, 2.05) is 0 Å². The second-order valence-electron chi connectivity index (χ2n) is 14.6. The van der Waals surface area contributed by atoms with Gasteiger partial charge in [-0.1, -0.05) is 134 Å². The smallest absolute Gasteiger partial charge is 0.0541 e. The molecule has 2 heteroatoms. The van der Waals surface area contributed by atoms with Crippen molar-refractivity contribution in [3.63, 3.8) is 0 Å². The molecular formula is C52H36N2. The first-order chi connectivity index (χ1) is 26.7. The van der Waals surface area contributed by atoms with Crippen LogP contribution in [0.2, 0.25) is 0 Å². The lowest BCUT2D eigenvalue weighted by atomic mass is 9.98. The predicted molar refractivity (Wildman–Crippen MR) is 229 cm³/mol. The molecule has 1 aliphatic rings. The highest BCUT2D eigenvalue weighted by atomic mass is 15.1. The highest BCUT2D eigenvalue weighted by Crippen LogP contribution is 2.48. The molecule has 0 bridgehead atoms. The number of hydrogen-bond acceptors (Lipinski definition) is 1. The zero-order valence-electron chi connectivity index (χ0n) is 29.9. The third-order valence-corrected chi connectivity index (χ3v) is 11.6. The van der Waals surface area contributed by atoms with Crippen LogP contribution in [0.4, 0.5) is 17.1 Å². The fourth-order valence-corrected chi connectivity index (χ4v) is 8.98. The molecule has 1 atom stereocenters.